The molecule has 0 radical (unpaired) electrons. The maximum Gasteiger partial charge on any atom is 0.306 e. The van der Waals surface area contributed by atoms with Crippen molar-refractivity contribution in [1.29, 1.82) is 0 Å². The summed E-state index contributed by atoms with van der Waals surface area (Å²) in [4.78, 5) is 10.6. The van der Waals surface area contributed by atoms with Crippen molar-refractivity contribution < 1.29 is 19.4 Å². The molecule has 3 nitrogen and oxygen atoms in total. The molecule has 0 spiro atoms. The van der Waals surface area contributed by atoms with Gasteiger partial charge in [-0.15, -0.1) is 0 Å². The Morgan fingerprint density at radius 3 is 2.73 bits per heavy atom. The summed E-state index contributed by atoms with van der Waals surface area (Å²) in [5.74, 6) is -2.58. The highest BCUT2D eigenvalue weighted by Gasteiger charge is 2.18. The van der Waals surface area contributed by atoms with Crippen molar-refractivity contribution in [2.75, 3.05) is 0 Å². The fourth-order valence-corrected chi connectivity index (χ4v) is 1.54. The molecule has 1 aromatic carbocycles. The van der Waals surface area contributed by atoms with Crippen LogP contribution in [0.4, 0.5) is 4.39 Å². The van der Waals surface area contributed by atoms with Crippen molar-refractivity contribution in [2.24, 2.45) is 5.92 Å². The fraction of sp³-hybridized carbons (Fsp3) is 0.300. The van der Waals surface area contributed by atoms with Gasteiger partial charge in [0.25, 0.3) is 0 Å². The molecule has 0 heterocycles. The van der Waals surface area contributed by atoms with E-state index in [9.17, 15) is 14.3 Å². The van der Waals surface area contributed by atoms with Gasteiger partial charge in [0.1, 0.15) is 11.6 Å². The molecule has 2 N–H and O–H groups in total. The molecule has 15 heavy (non-hydrogen) atoms. The number of carbonyl (C=O) groups is 1. The predicted molar refractivity (Wildman–Crippen MR) is 56.3 cm³/mol. The molecule has 0 bridgehead atoms. The zero-order chi connectivity index (χ0) is 11.6. The van der Waals surface area contributed by atoms with Crippen molar-refractivity contribution >= 4 is 21.9 Å². The van der Waals surface area contributed by atoms with Gasteiger partial charge < -0.3 is 10.2 Å². The van der Waals surface area contributed by atoms with Crippen LogP contribution in [0, 0.1) is 11.7 Å². The van der Waals surface area contributed by atoms with Crippen molar-refractivity contribution in [3.8, 4) is 5.75 Å². The molecule has 1 unspecified atom stereocenters. The Morgan fingerprint density at radius 2 is 2.20 bits per heavy atom. The molecular weight excluding hydrogens is 267 g/mol. The van der Waals surface area contributed by atoms with Gasteiger partial charge in [0.05, 0.1) is 10.4 Å². The average Bonchev–Trinajstić information content (AvgIpc) is 2.18. The van der Waals surface area contributed by atoms with E-state index in [-0.39, 0.29) is 17.7 Å². The molecule has 0 fully saturated rings. The number of rotatable bonds is 3. The van der Waals surface area contributed by atoms with Crippen molar-refractivity contribution in [3.05, 3.63) is 28.0 Å². The van der Waals surface area contributed by atoms with Gasteiger partial charge in [-0.1, -0.05) is 6.92 Å². The maximum atomic E-state index is 13.3. The van der Waals surface area contributed by atoms with Gasteiger partial charge in [-0.2, -0.15) is 0 Å². The summed E-state index contributed by atoms with van der Waals surface area (Å²) in [6.45, 7) is 1.46. The van der Waals surface area contributed by atoms with Crippen LogP contribution in [0.25, 0.3) is 0 Å². The van der Waals surface area contributed by atoms with Crippen LogP contribution in [-0.2, 0) is 11.2 Å². The van der Waals surface area contributed by atoms with Gasteiger partial charge >= 0.3 is 5.97 Å². The van der Waals surface area contributed by atoms with Gasteiger partial charge in [0.2, 0.25) is 0 Å². The van der Waals surface area contributed by atoms with Crippen LogP contribution in [0.3, 0.4) is 0 Å². The zero-order valence-electron chi connectivity index (χ0n) is 8.00. The van der Waals surface area contributed by atoms with E-state index in [4.69, 9.17) is 5.11 Å². The summed E-state index contributed by atoms with van der Waals surface area (Å²) in [5.41, 5.74) is 0.0271. The number of aliphatic carboxylic acids is 1. The van der Waals surface area contributed by atoms with Gasteiger partial charge in [0, 0.05) is 5.56 Å². The molecule has 0 saturated carbocycles. The lowest BCUT2D eigenvalue weighted by Crippen LogP contribution is -2.13. The normalized spacial score (nSPS) is 12.5. The van der Waals surface area contributed by atoms with Crippen molar-refractivity contribution in [3.63, 3.8) is 0 Å². The van der Waals surface area contributed by atoms with E-state index in [2.05, 4.69) is 15.9 Å². The Labute approximate surface area is 94.7 Å². The van der Waals surface area contributed by atoms with E-state index >= 15 is 0 Å². The lowest BCUT2D eigenvalue weighted by Gasteiger charge is -2.10. The first-order valence-corrected chi connectivity index (χ1v) is 5.11. The zero-order valence-corrected chi connectivity index (χ0v) is 9.58. The van der Waals surface area contributed by atoms with Crippen LogP contribution in [0.15, 0.2) is 16.6 Å². The Bertz CT molecular complexity index is 392. The maximum absolute atomic E-state index is 13.3. The van der Waals surface area contributed by atoms with Crippen LogP contribution in [0.2, 0.25) is 0 Å². The monoisotopic (exact) mass is 276 g/mol. The number of aromatic hydroxyl groups is 1. The Kier molecular flexibility index (Phi) is 3.68. The van der Waals surface area contributed by atoms with Gasteiger partial charge in [-0.25, -0.2) is 4.39 Å². The molecule has 0 aromatic heterocycles. The molecule has 0 saturated heterocycles. The topological polar surface area (TPSA) is 57.5 Å². The molecule has 0 aliphatic rings. The Hall–Kier alpha value is -1.10. The summed E-state index contributed by atoms with van der Waals surface area (Å²) in [5, 5.41) is 18.2. The van der Waals surface area contributed by atoms with Gasteiger partial charge in [-0.3, -0.25) is 4.79 Å². The molecule has 82 valence electrons. The summed E-state index contributed by atoms with van der Waals surface area (Å²) in [6.07, 6.45) is -0.0353. The lowest BCUT2D eigenvalue weighted by molar-refractivity contribution is -0.141. The third kappa shape index (κ3) is 2.68. The van der Waals surface area contributed by atoms with Crippen LogP contribution < -0.4 is 0 Å². The minimum atomic E-state index is -1.02. The van der Waals surface area contributed by atoms with Gasteiger partial charge in [0.15, 0.2) is 0 Å². The second-order valence-electron chi connectivity index (χ2n) is 3.30. The first kappa shape index (κ1) is 12.0. The predicted octanol–water partition coefficient (Wildman–Crippen LogP) is 2.56. The largest absolute Gasteiger partial charge is 0.506 e. The highest BCUT2D eigenvalue weighted by Crippen LogP contribution is 2.31. The third-order valence-corrected chi connectivity index (χ3v) is 2.75. The standard InChI is InChI=1S/C10H10BrFO3/c1-5(10(14)15)4-6-8(12)3-2-7(11)9(6)13/h2-3,5,13H,4H2,1H3,(H,14,15). The van der Waals surface area contributed by atoms with Crippen molar-refractivity contribution in [1.82, 2.24) is 0 Å². The molecule has 5 heteroatoms. The molecule has 0 aliphatic carbocycles. The van der Waals surface area contributed by atoms with E-state index in [0.29, 0.717) is 4.47 Å². The number of phenolic OH excluding ortho intramolecular Hbond substituents is 1. The summed E-state index contributed by atoms with van der Waals surface area (Å²) >= 11 is 3.04. The van der Waals surface area contributed by atoms with E-state index in [1.54, 1.807) is 0 Å². The lowest BCUT2D eigenvalue weighted by atomic mass is 10.00. The Morgan fingerprint density at radius 1 is 1.60 bits per heavy atom. The molecule has 0 amide bonds. The van der Waals surface area contributed by atoms with Crippen LogP contribution in [0.1, 0.15) is 12.5 Å². The number of hydrogen-bond acceptors (Lipinski definition) is 2. The number of benzene rings is 1. The molecule has 1 rings (SSSR count). The van der Waals surface area contributed by atoms with E-state index in [0.717, 1.165) is 0 Å². The minimum Gasteiger partial charge on any atom is -0.506 e. The summed E-state index contributed by atoms with van der Waals surface area (Å²) in [6, 6.07) is 2.56. The highest BCUT2D eigenvalue weighted by molar-refractivity contribution is 9.10. The molecular formula is C10H10BrFO3. The minimum absolute atomic E-state index is 0.0271. The van der Waals surface area contributed by atoms with Crippen LogP contribution in [0.5, 0.6) is 5.75 Å². The summed E-state index contributed by atoms with van der Waals surface area (Å²) in [7, 11) is 0. The quantitative estimate of drug-likeness (QED) is 0.892. The SMILES string of the molecule is CC(Cc1c(F)ccc(Br)c1O)C(=O)O. The average molecular weight is 277 g/mol. The molecule has 0 aliphatic heterocycles. The Balaban J connectivity index is 3.03. The second kappa shape index (κ2) is 4.61. The first-order chi connectivity index (χ1) is 6.93. The number of carboxylic acids is 1. The van der Waals surface area contributed by atoms with E-state index in [1.165, 1.54) is 19.1 Å². The van der Waals surface area contributed by atoms with Crippen LogP contribution >= 0.6 is 15.9 Å². The molecule has 1 aromatic rings. The summed E-state index contributed by atoms with van der Waals surface area (Å²) < 4.78 is 13.6. The van der Waals surface area contributed by atoms with E-state index < -0.39 is 17.7 Å². The smallest absolute Gasteiger partial charge is 0.306 e. The number of phenols is 1. The number of halogens is 2. The van der Waals surface area contributed by atoms with Crippen LogP contribution in [-0.4, -0.2) is 16.2 Å². The number of hydrogen-bond donors (Lipinski definition) is 2. The third-order valence-electron chi connectivity index (χ3n) is 2.11. The van der Waals surface area contributed by atoms with Crippen molar-refractivity contribution in [2.45, 2.75) is 13.3 Å². The van der Waals surface area contributed by atoms with E-state index in [1.807, 2.05) is 0 Å². The fourth-order valence-electron chi connectivity index (χ4n) is 1.17. The number of carboxylic acid groups (broad SMARTS) is 1. The van der Waals surface area contributed by atoms with Gasteiger partial charge in [-0.05, 0) is 34.5 Å². The highest BCUT2D eigenvalue weighted by atomic mass is 79.9. The first-order valence-electron chi connectivity index (χ1n) is 4.32. The second-order valence-corrected chi connectivity index (χ2v) is 4.15. The molecule has 1 atom stereocenters.